The number of H-pyrrole nitrogens is 1. The number of hydrogen-bond acceptors (Lipinski definition) is 3. The summed E-state index contributed by atoms with van der Waals surface area (Å²) in [7, 11) is 1.56. The first kappa shape index (κ1) is 11.7. The van der Waals surface area contributed by atoms with Crippen LogP contribution in [-0.4, -0.2) is 23.6 Å². The molecule has 88 valence electrons. The van der Waals surface area contributed by atoms with Gasteiger partial charge in [-0.05, 0) is 25.1 Å². The maximum Gasteiger partial charge on any atom is 0.154 e. The van der Waals surface area contributed by atoms with Crippen molar-refractivity contribution in [2.45, 2.75) is 6.92 Å². The van der Waals surface area contributed by atoms with Crippen LogP contribution in [-0.2, 0) is 0 Å². The summed E-state index contributed by atoms with van der Waals surface area (Å²) in [6.45, 7) is 1.79. The van der Waals surface area contributed by atoms with Gasteiger partial charge in [-0.1, -0.05) is 11.6 Å². The van der Waals surface area contributed by atoms with Gasteiger partial charge in [-0.3, -0.25) is 9.89 Å². The molecule has 5 heteroatoms. The van der Waals surface area contributed by atoms with Crippen LogP contribution in [0.4, 0.5) is 0 Å². The highest BCUT2D eigenvalue weighted by Crippen LogP contribution is 2.33. The Morgan fingerprint density at radius 2 is 2.24 bits per heavy atom. The lowest BCUT2D eigenvalue weighted by Gasteiger charge is -2.07. The number of halogens is 1. The van der Waals surface area contributed by atoms with E-state index in [1.807, 2.05) is 0 Å². The zero-order valence-corrected chi connectivity index (χ0v) is 10.2. The van der Waals surface area contributed by atoms with Gasteiger partial charge in [0.05, 0.1) is 12.7 Å². The first-order chi connectivity index (χ1) is 8.17. The number of hydrogen-bond donors (Lipinski definition) is 1. The lowest BCUT2D eigenvalue weighted by atomic mass is 10.1. The molecule has 0 radical (unpaired) electrons. The fraction of sp³-hybridized carbons (Fsp3) is 0.167. The third kappa shape index (κ3) is 2.03. The van der Waals surface area contributed by atoms with E-state index in [-0.39, 0.29) is 0 Å². The largest absolute Gasteiger partial charge is 0.496 e. The normalized spacial score (nSPS) is 10.3. The number of ether oxygens (including phenoxy) is 1. The van der Waals surface area contributed by atoms with Crippen LogP contribution in [0.15, 0.2) is 18.2 Å². The molecule has 1 aromatic carbocycles. The molecule has 4 nitrogen and oxygen atoms in total. The van der Waals surface area contributed by atoms with Crippen molar-refractivity contribution in [3.63, 3.8) is 0 Å². The Bertz CT molecular complexity index is 564. The molecular weight excluding hydrogens is 240 g/mol. The third-order valence-corrected chi connectivity index (χ3v) is 2.76. The molecule has 0 saturated carbocycles. The Hall–Kier alpha value is -1.81. The van der Waals surface area contributed by atoms with Crippen LogP contribution in [0.1, 0.15) is 16.1 Å². The summed E-state index contributed by atoms with van der Waals surface area (Å²) >= 11 is 5.94. The number of aromatic amines is 1. The quantitative estimate of drug-likeness (QED) is 0.853. The second-order valence-corrected chi connectivity index (χ2v) is 4.01. The molecule has 0 atom stereocenters. The summed E-state index contributed by atoms with van der Waals surface area (Å²) in [6, 6.07) is 5.20. The average Bonchev–Trinajstić information content (AvgIpc) is 2.70. The molecule has 0 unspecified atom stereocenters. The molecule has 17 heavy (non-hydrogen) atoms. The van der Waals surface area contributed by atoms with Gasteiger partial charge in [-0.2, -0.15) is 5.10 Å². The molecule has 1 aromatic heterocycles. The number of aryl methyl sites for hydroxylation is 1. The average molecular weight is 251 g/mol. The van der Waals surface area contributed by atoms with Crippen LogP contribution in [0.2, 0.25) is 5.02 Å². The zero-order valence-electron chi connectivity index (χ0n) is 9.45. The lowest BCUT2D eigenvalue weighted by molar-refractivity contribution is 0.112. The number of aromatic nitrogens is 2. The van der Waals surface area contributed by atoms with Crippen molar-refractivity contribution in [1.82, 2.24) is 10.2 Å². The van der Waals surface area contributed by atoms with Gasteiger partial charge >= 0.3 is 0 Å². The number of carbonyl (C=O) groups is 1. The third-order valence-electron chi connectivity index (χ3n) is 2.53. The summed E-state index contributed by atoms with van der Waals surface area (Å²) in [5.41, 5.74) is 2.49. The minimum absolute atomic E-state index is 0.519. The molecular formula is C12H11ClN2O2. The molecule has 2 rings (SSSR count). The predicted molar refractivity (Wildman–Crippen MR) is 65.7 cm³/mol. The lowest BCUT2D eigenvalue weighted by Crippen LogP contribution is -1.91. The molecule has 0 amide bonds. The summed E-state index contributed by atoms with van der Waals surface area (Å²) in [5.74, 6) is 0.629. The van der Waals surface area contributed by atoms with E-state index < -0.39 is 0 Å². The Labute approximate surface area is 104 Å². The van der Waals surface area contributed by atoms with E-state index >= 15 is 0 Å². The fourth-order valence-electron chi connectivity index (χ4n) is 1.65. The number of nitrogens with zero attached hydrogens (tertiary/aromatic N) is 1. The van der Waals surface area contributed by atoms with Crippen LogP contribution in [0.5, 0.6) is 5.75 Å². The smallest absolute Gasteiger partial charge is 0.154 e. The van der Waals surface area contributed by atoms with Crippen molar-refractivity contribution in [3.8, 4) is 17.0 Å². The van der Waals surface area contributed by atoms with Gasteiger partial charge in [0.2, 0.25) is 0 Å². The molecule has 1 heterocycles. The summed E-state index contributed by atoms with van der Waals surface area (Å²) < 4.78 is 5.24. The Morgan fingerprint density at radius 3 is 2.88 bits per heavy atom. The molecule has 0 saturated heterocycles. The van der Waals surface area contributed by atoms with E-state index in [1.54, 1.807) is 32.2 Å². The first-order valence-corrected chi connectivity index (χ1v) is 5.39. The van der Waals surface area contributed by atoms with Crippen LogP contribution in [0, 0.1) is 6.92 Å². The van der Waals surface area contributed by atoms with Crippen molar-refractivity contribution in [1.29, 1.82) is 0 Å². The first-order valence-electron chi connectivity index (χ1n) is 5.01. The maximum atomic E-state index is 11.0. The molecule has 1 N–H and O–H groups in total. The van der Waals surface area contributed by atoms with E-state index in [9.17, 15) is 4.79 Å². The van der Waals surface area contributed by atoms with E-state index in [0.29, 0.717) is 27.6 Å². The molecule has 0 aliphatic rings. The minimum Gasteiger partial charge on any atom is -0.496 e. The summed E-state index contributed by atoms with van der Waals surface area (Å²) in [4.78, 5) is 11.0. The van der Waals surface area contributed by atoms with Crippen LogP contribution in [0.3, 0.4) is 0 Å². The molecule has 0 fully saturated rings. The highest BCUT2D eigenvalue weighted by atomic mass is 35.5. The van der Waals surface area contributed by atoms with Gasteiger partial charge in [0.1, 0.15) is 11.4 Å². The second kappa shape index (κ2) is 4.59. The van der Waals surface area contributed by atoms with E-state index in [0.717, 1.165) is 12.0 Å². The van der Waals surface area contributed by atoms with Crippen LogP contribution in [0.25, 0.3) is 11.3 Å². The van der Waals surface area contributed by atoms with Crippen LogP contribution < -0.4 is 4.74 Å². The van der Waals surface area contributed by atoms with E-state index in [1.165, 1.54) is 0 Å². The number of rotatable bonds is 3. The predicted octanol–water partition coefficient (Wildman–Crippen LogP) is 2.86. The highest BCUT2D eigenvalue weighted by molar-refractivity contribution is 6.31. The number of nitrogens with one attached hydrogen (secondary N) is 1. The summed E-state index contributed by atoms with van der Waals surface area (Å²) in [6.07, 6.45) is 0.772. The van der Waals surface area contributed by atoms with Crippen molar-refractivity contribution < 1.29 is 9.53 Å². The van der Waals surface area contributed by atoms with Crippen molar-refractivity contribution >= 4 is 17.9 Å². The van der Waals surface area contributed by atoms with Gasteiger partial charge < -0.3 is 4.74 Å². The van der Waals surface area contributed by atoms with Gasteiger partial charge in [-0.15, -0.1) is 0 Å². The second-order valence-electron chi connectivity index (χ2n) is 3.57. The van der Waals surface area contributed by atoms with Gasteiger partial charge in [0.25, 0.3) is 0 Å². The molecule has 0 bridgehead atoms. The van der Waals surface area contributed by atoms with E-state index in [4.69, 9.17) is 16.3 Å². The minimum atomic E-state index is 0.519. The Kier molecular flexibility index (Phi) is 3.15. The standard InChI is InChI=1S/C12H11ClN2O2/c1-7-10(6-16)12(15-14-7)9-5-8(13)3-4-11(9)17-2/h3-6H,1-2H3,(H,14,15). The number of benzene rings is 1. The van der Waals surface area contributed by atoms with Gasteiger partial charge in [-0.25, -0.2) is 0 Å². The number of carbonyl (C=O) groups excluding carboxylic acids is 1. The van der Waals surface area contributed by atoms with E-state index in [2.05, 4.69) is 10.2 Å². The molecule has 0 aliphatic heterocycles. The number of aldehydes is 1. The molecule has 0 aliphatic carbocycles. The highest BCUT2D eigenvalue weighted by Gasteiger charge is 2.15. The number of methoxy groups -OCH3 is 1. The summed E-state index contributed by atoms with van der Waals surface area (Å²) in [5, 5.41) is 7.46. The fourth-order valence-corrected chi connectivity index (χ4v) is 1.82. The van der Waals surface area contributed by atoms with Crippen LogP contribution >= 0.6 is 11.6 Å². The maximum absolute atomic E-state index is 11.0. The van der Waals surface area contributed by atoms with Gasteiger partial charge in [0.15, 0.2) is 6.29 Å². The zero-order chi connectivity index (χ0) is 12.4. The molecule has 0 spiro atoms. The monoisotopic (exact) mass is 250 g/mol. The SMILES string of the molecule is COc1ccc(Cl)cc1-c1n[nH]c(C)c1C=O. The Morgan fingerprint density at radius 1 is 1.47 bits per heavy atom. The Balaban J connectivity index is 2.66. The van der Waals surface area contributed by atoms with Crippen molar-refractivity contribution in [2.75, 3.05) is 7.11 Å². The topological polar surface area (TPSA) is 55.0 Å². The van der Waals surface area contributed by atoms with Crippen molar-refractivity contribution in [2.24, 2.45) is 0 Å². The van der Waals surface area contributed by atoms with Gasteiger partial charge in [0, 0.05) is 16.3 Å². The molecule has 2 aromatic rings. The van der Waals surface area contributed by atoms with Crippen molar-refractivity contribution in [3.05, 3.63) is 34.5 Å².